The fraction of sp³-hybridized carbons (Fsp3) is 0.471. The van der Waals surface area contributed by atoms with Crippen LogP contribution in [0, 0.1) is 0 Å². The summed E-state index contributed by atoms with van der Waals surface area (Å²) < 4.78 is 0. The van der Waals surface area contributed by atoms with Crippen molar-refractivity contribution in [2.24, 2.45) is 0 Å². The lowest BCUT2D eigenvalue weighted by molar-refractivity contribution is -0.141. The summed E-state index contributed by atoms with van der Waals surface area (Å²) in [5.74, 6) is -1.20. The van der Waals surface area contributed by atoms with Crippen LogP contribution in [0.15, 0.2) is 66.9 Å². The smallest absolute Gasteiger partial charge is 0.326 e. The van der Waals surface area contributed by atoms with E-state index in [9.17, 15) is 24.3 Å². The molecule has 9 heteroatoms. The molecule has 4 rings (SSSR count). The van der Waals surface area contributed by atoms with Crippen LogP contribution >= 0.6 is 0 Å². The van der Waals surface area contributed by atoms with Gasteiger partial charge in [-0.1, -0.05) is 68.1 Å². The van der Waals surface area contributed by atoms with Crippen LogP contribution in [0.2, 0.25) is 0 Å². The Kier molecular flexibility index (Phi) is 11.5. The molecule has 4 N–H and O–H groups in total. The first-order chi connectivity index (χ1) is 20.7. The second-order valence-electron chi connectivity index (χ2n) is 11.6. The molecule has 0 radical (unpaired) electrons. The van der Waals surface area contributed by atoms with Gasteiger partial charge < -0.3 is 26.0 Å². The topological polar surface area (TPSA) is 128 Å². The van der Waals surface area contributed by atoms with Crippen molar-refractivity contribution in [2.75, 3.05) is 13.1 Å². The number of Topliss-reactive ketones (excluding diaryl/α,β-unsaturated/α-hetero) is 1. The van der Waals surface area contributed by atoms with E-state index in [2.05, 4.69) is 22.5 Å². The first-order valence-corrected chi connectivity index (χ1v) is 15.4. The molecule has 0 spiro atoms. The second kappa shape index (κ2) is 15.5. The number of carbonyl (C=O) groups excluding carboxylic acids is 3. The van der Waals surface area contributed by atoms with E-state index in [1.54, 1.807) is 0 Å². The molecule has 2 heterocycles. The van der Waals surface area contributed by atoms with E-state index in [0.29, 0.717) is 31.5 Å². The fourth-order valence-corrected chi connectivity index (χ4v) is 5.98. The maximum absolute atomic E-state index is 13.3. The van der Waals surface area contributed by atoms with Crippen LogP contribution in [-0.4, -0.2) is 70.8 Å². The van der Waals surface area contributed by atoms with E-state index in [4.69, 9.17) is 0 Å². The van der Waals surface area contributed by atoms with Gasteiger partial charge in [0.2, 0.25) is 11.8 Å². The van der Waals surface area contributed by atoms with Crippen LogP contribution in [0.1, 0.15) is 62.1 Å². The summed E-state index contributed by atoms with van der Waals surface area (Å²) in [6.45, 7) is 7.66. The number of hydrogen-bond acceptors (Lipinski definition) is 6. The van der Waals surface area contributed by atoms with Gasteiger partial charge in [0.1, 0.15) is 11.8 Å². The summed E-state index contributed by atoms with van der Waals surface area (Å²) in [6, 6.07) is 15.2. The number of hydrogen-bond donors (Lipinski definition) is 4. The Hall–Kier alpha value is -3.98. The molecule has 0 saturated carbocycles. The largest absolute Gasteiger partial charge is 0.480 e. The number of carboxylic acid groups (broad SMARTS) is 1. The number of carbonyl (C=O) groups is 4. The number of nitrogens with zero attached hydrogens (tertiary/aromatic N) is 1. The van der Waals surface area contributed by atoms with Gasteiger partial charge in [-0.05, 0) is 55.3 Å². The number of ketones is 1. The maximum atomic E-state index is 13.3. The molecule has 43 heavy (non-hydrogen) atoms. The number of aliphatic carboxylic acids is 1. The SMILES string of the molecule is C=C(NC(CC(=O)NC(Cc1ccccc1)C(=O)O)Cc1ccc(CC(=O)CC)cc1)C1CCCN1C(=O)C1CCCN1. The quantitative estimate of drug-likeness (QED) is 0.252. The molecule has 2 aliphatic heterocycles. The van der Waals surface area contributed by atoms with Crippen molar-refractivity contribution in [3.8, 4) is 0 Å². The Bertz CT molecular complexity index is 1270. The van der Waals surface area contributed by atoms with Crippen molar-refractivity contribution in [1.29, 1.82) is 0 Å². The Morgan fingerprint density at radius 3 is 2.30 bits per heavy atom. The number of rotatable bonds is 15. The molecule has 4 atom stereocenters. The molecule has 0 aliphatic carbocycles. The molecule has 0 bridgehead atoms. The first kappa shape index (κ1) is 31.9. The molecule has 2 aliphatic rings. The summed E-state index contributed by atoms with van der Waals surface area (Å²) in [7, 11) is 0. The van der Waals surface area contributed by atoms with Gasteiger partial charge >= 0.3 is 5.97 Å². The fourth-order valence-electron chi connectivity index (χ4n) is 5.98. The van der Waals surface area contributed by atoms with Gasteiger partial charge in [-0.25, -0.2) is 4.79 Å². The lowest BCUT2D eigenvalue weighted by Gasteiger charge is -2.31. The second-order valence-corrected chi connectivity index (χ2v) is 11.6. The van der Waals surface area contributed by atoms with Crippen molar-refractivity contribution >= 4 is 23.6 Å². The zero-order valence-corrected chi connectivity index (χ0v) is 25.0. The highest BCUT2D eigenvalue weighted by Gasteiger charge is 2.36. The molecule has 0 aromatic heterocycles. The van der Waals surface area contributed by atoms with E-state index in [0.717, 1.165) is 48.9 Å². The van der Waals surface area contributed by atoms with Crippen LogP contribution < -0.4 is 16.0 Å². The summed E-state index contributed by atoms with van der Waals surface area (Å²) in [4.78, 5) is 52.3. The number of amides is 2. The monoisotopic (exact) mass is 588 g/mol. The number of carboxylic acids is 1. The van der Waals surface area contributed by atoms with Gasteiger partial charge in [-0.3, -0.25) is 14.4 Å². The van der Waals surface area contributed by atoms with Crippen molar-refractivity contribution in [1.82, 2.24) is 20.9 Å². The minimum absolute atomic E-state index is 0.0263. The molecule has 230 valence electrons. The van der Waals surface area contributed by atoms with E-state index < -0.39 is 12.0 Å². The molecule has 2 aromatic rings. The highest BCUT2D eigenvalue weighted by molar-refractivity contribution is 5.84. The number of benzene rings is 2. The Morgan fingerprint density at radius 1 is 0.953 bits per heavy atom. The Morgan fingerprint density at radius 2 is 1.65 bits per heavy atom. The van der Waals surface area contributed by atoms with Gasteiger partial charge in [0.25, 0.3) is 0 Å². The van der Waals surface area contributed by atoms with Gasteiger partial charge in [0, 0.05) is 44.0 Å². The average molecular weight is 589 g/mol. The Balaban J connectivity index is 1.46. The van der Waals surface area contributed by atoms with Gasteiger partial charge in [0.05, 0.1) is 12.1 Å². The third-order valence-electron chi connectivity index (χ3n) is 8.33. The van der Waals surface area contributed by atoms with E-state index in [1.807, 2.05) is 66.4 Å². The van der Waals surface area contributed by atoms with E-state index in [1.165, 1.54) is 0 Å². The summed E-state index contributed by atoms with van der Waals surface area (Å²) in [5, 5.41) is 19.3. The van der Waals surface area contributed by atoms with Crippen LogP contribution in [0.4, 0.5) is 0 Å². The maximum Gasteiger partial charge on any atom is 0.326 e. The molecule has 2 fully saturated rings. The van der Waals surface area contributed by atoms with Crippen molar-refractivity contribution in [3.05, 3.63) is 83.6 Å². The molecule has 9 nitrogen and oxygen atoms in total. The highest BCUT2D eigenvalue weighted by atomic mass is 16.4. The normalized spacial score (nSPS) is 19.4. The standard InChI is InChI=1S/C34H44N4O5/c1-3-28(39)20-26-15-13-25(14-16-26)19-27(22-32(40)37-30(34(42)43)21-24-9-5-4-6-10-24)36-23(2)31-12-8-18-38(31)33(41)29-11-7-17-35-29/h4-6,9-10,13-16,27,29-31,35-36H,2-3,7-8,11-12,17-22H2,1H3,(H,37,40)(H,42,43). The van der Waals surface area contributed by atoms with Gasteiger partial charge in [0.15, 0.2) is 0 Å². The van der Waals surface area contributed by atoms with Crippen molar-refractivity contribution < 1.29 is 24.3 Å². The predicted molar refractivity (Wildman–Crippen MR) is 165 cm³/mol. The summed E-state index contributed by atoms with van der Waals surface area (Å²) >= 11 is 0. The number of nitrogens with one attached hydrogen (secondary N) is 3. The molecule has 4 unspecified atom stereocenters. The van der Waals surface area contributed by atoms with Gasteiger partial charge in [-0.15, -0.1) is 0 Å². The number of likely N-dealkylation sites (tertiary alicyclic amines) is 1. The van der Waals surface area contributed by atoms with Crippen molar-refractivity contribution in [2.45, 2.75) is 88.9 Å². The zero-order valence-electron chi connectivity index (χ0n) is 25.0. The van der Waals surface area contributed by atoms with Crippen LogP contribution in [0.3, 0.4) is 0 Å². The molecular weight excluding hydrogens is 544 g/mol. The zero-order chi connectivity index (χ0) is 30.8. The van der Waals surface area contributed by atoms with Crippen LogP contribution in [-0.2, 0) is 38.4 Å². The Labute approximate surface area is 254 Å². The lowest BCUT2D eigenvalue weighted by atomic mass is 9.98. The van der Waals surface area contributed by atoms with Crippen LogP contribution in [0.25, 0.3) is 0 Å². The first-order valence-electron chi connectivity index (χ1n) is 15.4. The highest BCUT2D eigenvalue weighted by Crippen LogP contribution is 2.25. The lowest BCUT2D eigenvalue weighted by Crippen LogP contribution is -2.49. The van der Waals surface area contributed by atoms with Crippen LogP contribution in [0.5, 0.6) is 0 Å². The van der Waals surface area contributed by atoms with E-state index in [-0.39, 0.29) is 48.6 Å². The van der Waals surface area contributed by atoms with Gasteiger partial charge in [-0.2, -0.15) is 0 Å². The third kappa shape index (κ3) is 9.25. The molecule has 2 aromatic carbocycles. The summed E-state index contributed by atoms with van der Waals surface area (Å²) in [5.41, 5.74) is 3.42. The third-order valence-corrected chi connectivity index (χ3v) is 8.33. The summed E-state index contributed by atoms with van der Waals surface area (Å²) in [6.07, 6.45) is 5.05. The molecular formula is C34H44N4O5. The minimum atomic E-state index is -1.09. The molecule has 2 amide bonds. The minimum Gasteiger partial charge on any atom is -0.480 e. The van der Waals surface area contributed by atoms with Crippen molar-refractivity contribution in [3.63, 3.8) is 0 Å². The predicted octanol–water partition coefficient (Wildman–Crippen LogP) is 3.17. The van der Waals surface area contributed by atoms with E-state index >= 15 is 0 Å². The molecule has 2 saturated heterocycles. The average Bonchev–Trinajstić information content (AvgIpc) is 3.71.